The van der Waals surface area contributed by atoms with E-state index in [2.05, 4.69) is 15.3 Å². The van der Waals surface area contributed by atoms with E-state index in [1.807, 2.05) is 31.2 Å². The van der Waals surface area contributed by atoms with E-state index in [9.17, 15) is 9.18 Å². The molecule has 31 heavy (non-hydrogen) atoms. The van der Waals surface area contributed by atoms with E-state index >= 15 is 0 Å². The van der Waals surface area contributed by atoms with Gasteiger partial charge in [0.2, 0.25) is 0 Å². The molecule has 1 atom stereocenters. The van der Waals surface area contributed by atoms with Crippen LogP contribution in [0.4, 0.5) is 10.1 Å². The van der Waals surface area contributed by atoms with Crippen LogP contribution in [0.3, 0.4) is 0 Å². The molecule has 2 aromatic carbocycles. The van der Waals surface area contributed by atoms with Crippen LogP contribution in [0.2, 0.25) is 5.15 Å². The van der Waals surface area contributed by atoms with Crippen molar-refractivity contribution in [1.29, 1.82) is 0 Å². The first-order chi connectivity index (χ1) is 14.9. The molecule has 1 aromatic heterocycles. The molecule has 1 unspecified atom stereocenters. The summed E-state index contributed by atoms with van der Waals surface area (Å²) in [4.78, 5) is 15.1. The van der Waals surface area contributed by atoms with E-state index in [0.717, 1.165) is 30.8 Å². The van der Waals surface area contributed by atoms with Gasteiger partial charge in [0.15, 0.2) is 0 Å². The second kappa shape index (κ2) is 9.10. The number of anilines is 1. The van der Waals surface area contributed by atoms with Gasteiger partial charge < -0.3 is 10.2 Å². The third-order valence-electron chi connectivity index (χ3n) is 5.77. The van der Waals surface area contributed by atoms with Crippen LogP contribution >= 0.6 is 11.6 Å². The summed E-state index contributed by atoms with van der Waals surface area (Å²) in [5.74, 6) is -0.101. The Bertz CT molecular complexity index is 1060. The Hall–Kier alpha value is -2.86. The van der Waals surface area contributed by atoms with Gasteiger partial charge in [-0.25, -0.2) is 9.07 Å². The molecule has 5 nitrogen and oxygen atoms in total. The quantitative estimate of drug-likeness (QED) is 0.609. The molecular weight excluding hydrogens is 415 g/mol. The Kier molecular flexibility index (Phi) is 6.28. The number of carbonyl (C=O) groups excluding carboxylic acids is 1. The van der Waals surface area contributed by atoms with Crippen LogP contribution in [0, 0.1) is 25.6 Å². The number of aryl methyl sites for hydroxylation is 2. The molecule has 0 radical (unpaired) electrons. The van der Waals surface area contributed by atoms with E-state index in [0.29, 0.717) is 35.4 Å². The molecule has 1 aliphatic heterocycles. The van der Waals surface area contributed by atoms with Crippen molar-refractivity contribution in [2.45, 2.75) is 26.8 Å². The summed E-state index contributed by atoms with van der Waals surface area (Å²) < 4.78 is 14.8. The van der Waals surface area contributed by atoms with Gasteiger partial charge in [0.05, 0.1) is 17.8 Å². The number of hydrogen-bond acceptors (Lipinski definition) is 3. The van der Waals surface area contributed by atoms with Gasteiger partial charge in [-0.2, -0.15) is 5.10 Å². The van der Waals surface area contributed by atoms with Crippen molar-refractivity contribution in [3.8, 4) is 0 Å². The van der Waals surface area contributed by atoms with E-state index in [1.54, 1.807) is 23.7 Å². The summed E-state index contributed by atoms with van der Waals surface area (Å²) in [6.07, 6.45) is 0.969. The van der Waals surface area contributed by atoms with Gasteiger partial charge in [0, 0.05) is 25.3 Å². The number of nitrogens with zero attached hydrogens (tertiary/aromatic N) is 3. The summed E-state index contributed by atoms with van der Waals surface area (Å²) in [5, 5.41) is 7.85. The highest BCUT2D eigenvalue weighted by Gasteiger charge is 2.25. The lowest BCUT2D eigenvalue weighted by Crippen LogP contribution is -2.31. The maximum Gasteiger partial charge on any atom is 0.256 e. The lowest BCUT2D eigenvalue weighted by Gasteiger charge is -2.18. The molecule has 7 heteroatoms. The fraction of sp³-hybridized carbons (Fsp3) is 0.333. The first-order valence-electron chi connectivity index (χ1n) is 10.5. The minimum absolute atomic E-state index is 0.196. The first kappa shape index (κ1) is 21.4. The molecule has 1 amide bonds. The smallest absolute Gasteiger partial charge is 0.256 e. The molecule has 2 heterocycles. The second-order valence-corrected chi connectivity index (χ2v) is 8.54. The lowest BCUT2D eigenvalue weighted by molar-refractivity contribution is 0.0947. The van der Waals surface area contributed by atoms with Gasteiger partial charge in [-0.1, -0.05) is 41.4 Å². The normalized spacial score (nSPS) is 16.0. The third kappa shape index (κ3) is 4.90. The van der Waals surface area contributed by atoms with Crippen molar-refractivity contribution in [2.75, 3.05) is 24.5 Å². The first-order valence-corrected chi connectivity index (χ1v) is 10.9. The molecule has 1 fully saturated rings. The Morgan fingerprint density at radius 3 is 2.58 bits per heavy atom. The van der Waals surface area contributed by atoms with Crippen molar-refractivity contribution >= 4 is 23.2 Å². The average Bonchev–Trinajstić information content (AvgIpc) is 3.33. The van der Waals surface area contributed by atoms with Gasteiger partial charge in [-0.05, 0) is 56.0 Å². The Balaban J connectivity index is 1.36. The zero-order chi connectivity index (χ0) is 22.0. The molecule has 1 aliphatic rings. The van der Waals surface area contributed by atoms with Crippen LogP contribution < -0.4 is 10.2 Å². The van der Waals surface area contributed by atoms with Crippen molar-refractivity contribution in [3.05, 3.63) is 81.9 Å². The van der Waals surface area contributed by atoms with Crippen LogP contribution in [0.5, 0.6) is 0 Å². The zero-order valence-corrected chi connectivity index (χ0v) is 18.5. The number of nitrogens with one attached hydrogen (secondary N) is 1. The molecule has 1 saturated heterocycles. The Morgan fingerprint density at radius 1 is 1.16 bits per heavy atom. The van der Waals surface area contributed by atoms with Crippen molar-refractivity contribution in [1.82, 2.24) is 15.1 Å². The number of rotatable bonds is 6. The number of amides is 1. The minimum atomic E-state index is -0.234. The minimum Gasteiger partial charge on any atom is -0.371 e. The predicted octanol–water partition coefficient (Wildman–Crippen LogP) is 4.60. The largest absolute Gasteiger partial charge is 0.371 e. The van der Waals surface area contributed by atoms with E-state index in [-0.39, 0.29) is 11.7 Å². The van der Waals surface area contributed by atoms with E-state index in [1.165, 1.54) is 17.7 Å². The van der Waals surface area contributed by atoms with Crippen molar-refractivity contribution < 1.29 is 9.18 Å². The monoisotopic (exact) mass is 440 g/mol. The number of halogens is 2. The molecule has 1 N–H and O–H groups in total. The van der Waals surface area contributed by atoms with Gasteiger partial charge in [0.1, 0.15) is 11.0 Å². The van der Waals surface area contributed by atoms with Gasteiger partial charge in [-0.3, -0.25) is 4.79 Å². The SMILES string of the molecule is Cc1ccc(Cn2nc(C)c(C(=O)NCC3CCN(c4ccc(F)cc4)C3)c2Cl)cc1. The topological polar surface area (TPSA) is 50.2 Å². The maximum absolute atomic E-state index is 13.1. The molecule has 0 saturated carbocycles. The van der Waals surface area contributed by atoms with Crippen LogP contribution in [0.1, 0.15) is 33.6 Å². The highest BCUT2D eigenvalue weighted by molar-refractivity contribution is 6.33. The summed E-state index contributed by atoms with van der Waals surface area (Å²) in [6.45, 7) is 6.64. The molecule has 3 aromatic rings. The Labute approximate surface area is 186 Å². The van der Waals surface area contributed by atoms with Gasteiger partial charge in [-0.15, -0.1) is 0 Å². The van der Waals surface area contributed by atoms with Crippen molar-refractivity contribution in [3.63, 3.8) is 0 Å². The standard InChI is InChI=1S/C24H26ClFN4O/c1-16-3-5-18(6-4-16)15-30-23(25)22(17(2)28-30)24(31)27-13-19-11-12-29(14-19)21-9-7-20(26)8-10-21/h3-10,19H,11-15H2,1-2H3,(H,27,31). The highest BCUT2D eigenvalue weighted by Crippen LogP contribution is 2.25. The number of benzene rings is 2. The maximum atomic E-state index is 13.1. The van der Waals surface area contributed by atoms with E-state index < -0.39 is 0 Å². The number of carbonyl (C=O) groups is 1. The highest BCUT2D eigenvalue weighted by atomic mass is 35.5. The average molecular weight is 441 g/mol. The number of aromatic nitrogens is 2. The van der Waals surface area contributed by atoms with Crippen LogP contribution in [-0.2, 0) is 6.54 Å². The molecule has 0 bridgehead atoms. The number of hydrogen-bond donors (Lipinski definition) is 1. The summed E-state index contributed by atoms with van der Waals surface area (Å²) in [6, 6.07) is 14.7. The summed E-state index contributed by atoms with van der Waals surface area (Å²) in [5.41, 5.74) is 4.33. The molecule has 0 aliphatic carbocycles. The molecule has 4 rings (SSSR count). The molecule has 0 spiro atoms. The third-order valence-corrected chi connectivity index (χ3v) is 6.16. The fourth-order valence-corrected chi connectivity index (χ4v) is 4.31. The van der Waals surface area contributed by atoms with Gasteiger partial charge in [0.25, 0.3) is 5.91 Å². The summed E-state index contributed by atoms with van der Waals surface area (Å²) in [7, 11) is 0. The Morgan fingerprint density at radius 2 is 1.87 bits per heavy atom. The molecule has 162 valence electrons. The predicted molar refractivity (Wildman–Crippen MR) is 121 cm³/mol. The lowest BCUT2D eigenvalue weighted by atomic mass is 10.1. The van der Waals surface area contributed by atoms with E-state index in [4.69, 9.17) is 11.6 Å². The molecular formula is C24H26ClFN4O. The van der Waals surface area contributed by atoms with Crippen LogP contribution in [0.25, 0.3) is 0 Å². The van der Waals surface area contributed by atoms with Crippen LogP contribution in [0.15, 0.2) is 48.5 Å². The fourth-order valence-electron chi connectivity index (χ4n) is 3.99. The van der Waals surface area contributed by atoms with Gasteiger partial charge >= 0.3 is 0 Å². The van der Waals surface area contributed by atoms with Crippen molar-refractivity contribution in [2.24, 2.45) is 5.92 Å². The second-order valence-electron chi connectivity index (χ2n) is 8.18. The zero-order valence-electron chi connectivity index (χ0n) is 17.7. The summed E-state index contributed by atoms with van der Waals surface area (Å²) >= 11 is 6.52. The van der Waals surface area contributed by atoms with Crippen LogP contribution in [-0.4, -0.2) is 35.3 Å².